The maximum Gasteiger partial charge on any atom is 0.295 e. The molecule has 2 aromatic heterocycles. The summed E-state index contributed by atoms with van der Waals surface area (Å²) in [6.45, 7) is 0. The average Bonchev–Trinajstić information content (AvgIpc) is 2.63. The van der Waals surface area contributed by atoms with E-state index in [-0.39, 0.29) is 5.69 Å². The first-order valence-electron chi connectivity index (χ1n) is 7.58. The van der Waals surface area contributed by atoms with Crippen LogP contribution in [0.25, 0.3) is 11.3 Å². The summed E-state index contributed by atoms with van der Waals surface area (Å²) in [6, 6.07) is 5.76. The smallest absolute Gasteiger partial charge is 0.295 e. The molecule has 1 aliphatic heterocycles. The summed E-state index contributed by atoms with van der Waals surface area (Å²) in [4.78, 5) is 7.53. The van der Waals surface area contributed by atoms with Crippen LogP contribution in [0.3, 0.4) is 0 Å². The van der Waals surface area contributed by atoms with Crippen molar-refractivity contribution in [3.8, 4) is 17.0 Å². The molecule has 0 spiro atoms. The lowest BCUT2D eigenvalue weighted by atomic mass is 10.1. The van der Waals surface area contributed by atoms with Gasteiger partial charge in [0, 0.05) is 18.0 Å². The Labute approximate surface area is 152 Å². The van der Waals surface area contributed by atoms with Gasteiger partial charge in [0.05, 0.1) is 5.69 Å². The van der Waals surface area contributed by atoms with E-state index in [0.29, 0.717) is 5.56 Å². The van der Waals surface area contributed by atoms with Gasteiger partial charge in [-0.2, -0.15) is 12.8 Å². The van der Waals surface area contributed by atoms with Crippen LogP contribution in [-0.4, -0.2) is 68.3 Å². The summed E-state index contributed by atoms with van der Waals surface area (Å²) in [5.41, 5.74) is -1.44. The van der Waals surface area contributed by atoms with E-state index in [9.17, 15) is 28.1 Å². The molecule has 0 amide bonds. The second-order valence-corrected chi connectivity index (χ2v) is 7.19. The largest absolute Gasteiger partial charge is 0.457 e. The SMILES string of the molecule is O=S(=O)(O)C1O[C@@H](Oc2ccc(-c3ccncc3)nc2F)[C@H](O)[C@@H](O)[C@@H]1O. The Morgan fingerprint density at radius 2 is 1.70 bits per heavy atom. The Kier molecular flexibility index (Phi) is 5.37. The van der Waals surface area contributed by atoms with Gasteiger partial charge in [-0.15, -0.1) is 0 Å². The molecule has 1 aliphatic rings. The van der Waals surface area contributed by atoms with Crippen molar-refractivity contribution in [3.63, 3.8) is 0 Å². The molecule has 2 aromatic rings. The van der Waals surface area contributed by atoms with Gasteiger partial charge < -0.3 is 24.8 Å². The van der Waals surface area contributed by atoms with Crippen molar-refractivity contribution in [1.29, 1.82) is 0 Å². The lowest BCUT2D eigenvalue weighted by Gasteiger charge is -2.38. The van der Waals surface area contributed by atoms with Crippen LogP contribution in [0, 0.1) is 5.95 Å². The third-order valence-electron chi connectivity index (χ3n) is 3.85. The Balaban J connectivity index is 1.83. The fourth-order valence-electron chi connectivity index (χ4n) is 2.48. The van der Waals surface area contributed by atoms with Crippen LogP contribution in [0.4, 0.5) is 4.39 Å². The van der Waals surface area contributed by atoms with Crippen molar-refractivity contribution in [2.45, 2.75) is 30.0 Å². The molecule has 4 N–H and O–H groups in total. The van der Waals surface area contributed by atoms with Crippen LogP contribution >= 0.6 is 0 Å². The molecule has 3 heterocycles. The van der Waals surface area contributed by atoms with E-state index in [2.05, 4.69) is 9.97 Å². The fraction of sp³-hybridized carbons (Fsp3) is 0.333. The van der Waals surface area contributed by atoms with E-state index >= 15 is 0 Å². The van der Waals surface area contributed by atoms with Gasteiger partial charge in [-0.05, 0) is 24.3 Å². The van der Waals surface area contributed by atoms with Gasteiger partial charge in [0.1, 0.15) is 18.3 Å². The van der Waals surface area contributed by atoms with Gasteiger partial charge >= 0.3 is 0 Å². The second-order valence-electron chi connectivity index (χ2n) is 5.70. The number of aliphatic hydroxyl groups excluding tert-OH is 3. The first-order chi connectivity index (χ1) is 12.7. The molecular formula is C15H15FN2O8S. The Hall–Kier alpha value is -2.22. The van der Waals surface area contributed by atoms with Crippen molar-refractivity contribution >= 4 is 10.1 Å². The predicted molar refractivity (Wildman–Crippen MR) is 86.3 cm³/mol. The first-order valence-corrected chi connectivity index (χ1v) is 9.08. The summed E-state index contributed by atoms with van der Waals surface area (Å²) in [5.74, 6) is -1.60. The van der Waals surface area contributed by atoms with E-state index in [1.807, 2.05) is 0 Å². The minimum Gasteiger partial charge on any atom is -0.457 e. The van der Waals surface area contributed by atoms with Gasteiger partial charge in [-0.3, -0.25) is 9.54 Å². The topological polar surface area (TPSA) is 159 Å². The molecule has 1 unspecified atom stereocenters. The monoisotopic (exact) mass is 402 g/mol. The highest BCUT2D eigenvalue weighted by atomic mass is 32.2. The number of nitrogens with zero attached hydrogens (tertiary/aromatic N) is 2. The molecule has 0 radical (unpaired) electrons. The van der Waals surface area contributed by atoms with Crippen molar-refractivity contribution in [2.24, 2.45) is 0 Å². The number of aromatic nitrogens is 2. The zero-order valence-electron chi connectivity index (χ0n) is 13.5. The van der Waals surface area contributed by atoms with Crippen LogP contribution in [0.1, 0.15) is 0 Å². The molecule has 1 saturated heterocycles. The molecule has 146 valence electrons. The van der Waals surface area contributed by atoms with Crippen LogP contribution in [0.5, 0.6) is 5.75 Å². The van der Waals surface area contributed by atoms with Crippen molar-refractivity contribution in [2.75, 3.05) is 0 Å². The van der Waals surface area contributed by atoms with Gasteiger partial charge in [-0.25, -0.2) is 4.98 Å². The molecule has 0 aliphatic carbocycles. The van der Waals surface area contributed by atoms with Gasteiger partial charge in [0.25, 0.3) is 16.1 Å². The van der Waals surface area contributed by atoms with Crippen molar-refractivity contribution in [3.05, 3.63) is 42.6 Å². The van der Waals surface area contributed by atoms with E-state index in [0.717, 1.165) is 6.07 Å². The summed E-state index contributed by atoms with van der Waals surface area (Å²) < 4.78 is 55.7. The van der Waals surface area contributed by atoms with Gasteiger partial charge in [-0.1, -0.05) is 0 Å². The number of hydrogen-bond acceptors (Lipinski definition) is 9. The summed E-state index contributed by atoms with van der Waals surface area (Å²) in [7, 11) is -4.95. The third kappa shape index (κ3) is 4.05. The minimum absolute atomic E-state index is 0.263. The highest BCUT2D eigenvalue weighted by Crippen LogP contribution is 2.28. The van der Waals surface area contributed by atoms with E-state index in [4.69, 9.17) is 14.0 Å². The van der Waals surface area contributed by atoms with E-state index < -0.39 is 51.9 Å². The summed E-state index contributed by atoms with van der Waals surface area (Å²) >= 11 is 0. The third-order valence-corrected chi connectivity index (χ3v) is 4.83. The molecule has 12 heteroatoms. The predicted octanol–water partition coefficient (Wildman–Crippen LogP) is -0.686. The second kappa shape index (κ2) is 7.42. The molecule has 0 aromatic carbocycles. The summed E-state index contributed by atoms with van der Waals surface area (Å²) in [5, 5.41) is 29.3. The Morgan fingerprint density at radius 1 is 1.04 bits per heavy atom. The molecule has 27 heavy (non-hydrogen) atoms. The normalized spacial score (nSPS) is 28.7. The number of halogens is 1. The van der Waals surface area contributed by atoms with Gasteiger partial charge in [0.2, 0.25) is 11.7 Å². The maximum absolute atomic E-state index is 14.3. The molecular weight excluding hydrogens is 387 g/mol. The first kappa shape index (κ1) is 19.5. The summed E-state index contributed by atoms with van der Waals surface area (Å²) in [6.07, 6.45) is -4.98. The molecule has 10 nitrogen and oxygen atoms in total. The lowest BCUT2D eigenvalue weighted by Crippen LogP contribution is -2.61. The molecule has 1 fully saturated rings. The zero-order valence-corrected chi connectivity index (χ0v) is 14.3. The van der Waals surface area contributed by atoms with E-state index in [1.54, 1.807) is 12.1 Å². The number of pyridine rings is 2. The van der Waals surface area contributed by atoms with Crippen molar-refractivity contribution < 1.29 is 42.2 Å². The van der Waals surface area contributed by atoms with Crippen LogP contribution in [0.2, 0.25) is 0 Å². The number of aliphatic hydroxyl groups is 3. The molecule has 0 bridgehead atoms. The highest BCUT2D eigenvalue weighted by Gasteiger charge is 2.50. The van der Waals surface area contributed by atoms with Gasteiger partial charge in [0.15, 0.2) is 5.75 Å². The number of rotatable bonds is 4. The Bertz CT molecular complexity index is 913. The minimum atomic E-state index is -4.95. The number of hydrogen-bond donors (Lipinski definition) is 4. The molecule has 5 atom stereocenters. The van der Waals surface area contributed by atoms with Crippen LogP contribution < -0.4 is 4.74 Å². The molecule has 0 saturated carbocycles. The average molecular weight is 402 g/mol. The maximum atomic E-state index is 14.3. The van der Waals surface area contributed by atoms with Crippen LogP contribution in [0.15, 0.2) is 36.7 Å². The Morgan fingerprint density at radius 3 is 2.30 bits per heavy atom. The molecule has 3 rings (SSSR count). The standard InChI is InChI=1S/C15H15FN2O8S/c16-13-9(2-1-8(18-13)7-3-5-17-6-4-7)25-14-11(20)10(19)12(21)15(26-14)27(22,23)24/h1-6,10-12,14-15,19-21H,(H,22,23,24)/t10-,11-,12+,14-,15?/m1/s1. The van der Waals surface area contributed by atoms with Crippen LogP contribution in [-0.2, 0) is 14.9 Å². The van der Waals surface area contributed by atoms with E-state index in [1.165, 1.54) is 18.5 Å². The zero-order chi connectivity index (χ0) is 19.8. The lowest BCUT2D eigenvalue weighted by molar-refractivity contribution is -0.254. The fourth-order valence-corrected chi connectivity index (χ4v) is 3.24. The highest BCUT2D eigenvalue weighted by molar-refractivity contribution is 7.86. The quantitative estimate of drug-likeness (QED) is 0.381. The van der Waals surface area contributed by atoms with Crippen molar-refractivity contribution in [1.82, 2.24) is 9.97 Å². The number of ether oxygens (including phenoxy) is 2.